The first-order chi connectivity index (χ1) is 11.4. The molecular formula is C12H16Cl2N6O4. The molecule has 0 aromatic carbocycles. The van der Waals surface area contributed by atoms with Crippen LogP contribution >= 0.6 is 23.2 Å². The van der Waals surface area contributed by atoms with Crippen LogP contribution in [0.5, 0.6) is 0 Å². The Kier molecular flexibility index (Phi) is 6.66. The Bertz CT molecular complexity index is 648. The van der Waals surface area contributed by atoms with Crippen LogP contribution in [0.25, 0.3) is 11.0 Å². The molecule has 2 heterocycles. The molecule has 2 aromatic rings. The molecule has 0 aliphatic rings. The number of nitrogens with one attached hydrogen (secondary N) is 2. The molecule has 0 fully saturated rings. The molecule has 24 heavy (non-hydrogen) atoms. The maximum absolute atomic E-state index is 9.43. The van der Waals surface area contributed by atoms with Gasteiger partial charge < -0.3 is 31.1 Å². The van der Waals surface area contributed by atoms with E-state index in [1.807, 2.05) is 0 Å². The smallest absolute Gasteiger partial charge is 0.225 e. The van der Waals surface area contributed by atoms with Crippen LogP contribution < -0.4 is 10.6 Å². The highest BCUT2D eigenvalue weighted by Crippen LogP contribution is 2.26. The number of hydrogen-bond donors (Lipinski definition) is 6. The van der Waals surface area contributed by atoms with Crippen LogP contribution in [-0.4, -0.2) is 78.9 Å². The largest absolute Gasteiger partial charge is 0.394 e. The molecule has 2 aromatic heterocycles. The van der Waals surface area contributed by atoms with Gasteiger partial charge in [0.05, 0.1) is 25.4 Å². The van der Waals surface area contributed by atoms with Crippen LogP contribution in [0.15, 0.2) is 0 Å². The summed E-state index contributed by atoms with van der Waals surface area (Å²) in [6.45, 7) is -0.838. The summed E-state index contributed by atoms with van der Waals surface area (Å²) in [6.07, 6.45) is -1.99. The van der Waals surface area contributed by atoms with Crippen molar-refractivity contribution in [1.29, 1.82) is 0 Å². The van der Waals surface area contributed by atoms with Crippen molar-refractivity contribution in [2.75, 3.05) is 36.9 Å². The Balaban J connectivity index is 2.40. The van der Waals surface area contributed by atoms with Crippen molar-refractivity contribution >= 4 is 45.9 Å². The predicted octanol–water partition coefficient (Wildman–Crippen LogP) is -0.743. The molecule has 132 valence electrons. The number of nitrogens with zero attached hydrogens (tertiary/aromatic N) is 4. The lowest BCUT2D eigenvalue weighted by Gasteiger charge is -2.14. The summed E-state index contributed by atoms with van der Waals surface area (Å²) in [7, 11) is 0. The predicted molar refractivity (Wildman–Crippen MR) is 88.3 cm³/mol. The van der Waals surface area contributed by atoms with Crippen LogP contribution in [-0.2, 0) is 0 Å². The van der Waals surface area contributed by atoms with E-state index in [0.29, 0.717) is 0 Å². The van der Waals surface area contributed by atoms with Crippen LogP contribution in [0.3, 0.4) is 0 Å². The monoisotopic (exact) mass is 378 g/mol. The topological polar surface area (TPSA) is 157 Å². The Morgan fingerprint density at radius 1 is 0.750 bits per heavy atom. The summed E-state index contributed by atoms with van der Waals surface area (Å²) in [5.41, 5.74) is 0.482. The molecule has 0 amide bonds. The van der Waals surface area contributed by atoms with Crippen molar-refractivity contribution in [3.05, 3.63) is 10.6 Å². The van der Waals surface area contributed by atoms with Crippen LogP contribution in [0.1, 0.15) is 0 Å². The number of aliphatic hydroxyl groups is 4. The molecule has 10 nitrogen and oxygen atoms in total. The second kappa shape index (κ2) is 8.51. The molecule has 0 saturated heterocycles. The van der Waals surface area contributed by atoms with Crippen molar-refractivity contribution in [2.45, 2.75) is 12.2 Å². The van der Waals surface area contributed by atoms with E-state index in [4.69, 9.17) is 33.4 Å². The molecule has 0 bridgehead atoms. The lowest BCUT2D eigenvalue weighted by Crippen LogP contribution is -2.24. The summed E-state index contributed by atoms with van der Waals surface area (Å²) >= 11 is 11.8. The third-order valence-corrected chi connectivity index (χ3v) is 3.26. The molecule has 2 atom stereocenters. The molecule has 2 rings (SSSR count). The van der Waals surface area contributed by atoms with Gasteiger partial charge in [-0.25, -0.2) is 9.97 Å². The quantitative estimate of drug-likeness (QED) is 0.323. The van der Waals surface area contributed by atoms with Crippen LogP contribution in [0.2, 0.25) is 10.6 Å². The van der Waals surface area contributed by atoms with E-state index in [9.17, 15) is 10.2 Å². The number of anilines is 2. The third kappa shape index (κ3) is 4.72. The Hall–Kier alpha value is -1.56. The summed E-state index contributed by atoms with van der Waals surface area (Å²) in [5.74, 6) is 0.403. The fraction of sp³-hybridized carbons (Fsp3) is 0.500. The van der Waals surface area contributed by atoms with Gasteiger partial charge in [-0.15, -0.1) is 0 Å². The van der Waals surface area contributed by atoms with Crippen molar-refractivity contribution in [3.8, 4) is 0 Å². The van der Waals surface area contributed by atoms with Gasteiger partial charge in [-0.2, -0.15) is 9.97 Å². The van der Waals surface area contributed by atoms with E-state index in [1.165, 1.54) is 0 Å². The molecule has 0 aliphatic heterocycles. The van der Waals surface area contributed by atoms with Crippen LogP contribution in [0.4, 0.5) is 11.6 Å². The first-order valence-corrected chi connectivity index (χ1v) is 7.66. The van der Waals surface area contributed by atoms with Gasteiger partial charge in [-0.3, -0.25) is 0 Å². The van der Waals surface area contributed by atoms with E-state index >= 15 is 0 Å². The number of halogens is 2. The molecule has 12 heteroatoms. The zero-order valence-electron chi connectivity index (χ0n) is 12.3. The average Bonchev–Trinajstić information content (AvgIpc) is 2.57. The standard InChI is InChI=1S/C12H16Cl2N6O4/c13-11-18-8-7(9(19-11)15-1-5(23)3-21)17-12(14)20-10(8)16-2-6(24)4-22/h5-6,21-24H,1-4H2,(H,15,18,19)(H,16,17,20). The van der Waals surface area contributed by atoms with Gasteiger partial charge in [0.2, 0.25) is 10.6 Å². The molecular weight excluding hydrogens is 363 g/mol. The van der Waals surface area contributed by atoms with E-state index in [-0.39, 0.29) is 46.3 Å². The summed E-state index contributed by atoms with van der Waals surface area (Å²) in [6, 6.07) is 0. The second-order valence-electron chi connectivity index (χ2n) is 4.81. The fourth-order valence-electron chi connectivity index (χ4n) is 1.77. The number of aliphatic hydroxyl groups excluding tert-OH is 4. The average molecular weight is 379 g/mol. The van der Waals surface area contributed by atoms with Crippen molar-refractivity contribution < 1.29 is 20.4 Å². The summed E-state index contributed by atoms with van der Waals surface area (Å²) in [5, 5.41) is 42.0. The van der Waals surface area contributed by atoms with Gasteiger partial charge in [0, 0.05) is 13.1 Å². The van der Waals surface area contributed by atoms with E-state index in [1.54, 1.807) is 0 Å². The highest BCUT2D eigenvalue weighted by molar-refractivity contribution is 6.30. The summed E-state index contributed by atoms with van der Waals surface area (Å²) < 4.78 is 0. The van der Waals surface area contributed by atoms with E-state index < -0.39 is 25.4 Å². The zero-order valence-corrected chi connectivity index (χ0v) is 13.8. The first-order valence-electron chi connectivity index (χ1n) is 6.91. The highest BCUT2D eigenvalue weighted by Gasteiger charge is 2.16. The van der Waals surface area contributed by atoms with Gasteiger partial charge in [0.15, 0.2) is 11.6 Å². The lowest BCUT2D eigenvalue weighted by molar-refractivity contribution is 0.105. The van der Waals surface area contributed by atoms with E-state index in [2.05, 4.69) is 30.6 Å². The normalized spacial score (nSPS) is 13.8. The molecule has 2 unspecified atom stereocenters. The van der Waals surface area contributed by atoms with Crippen molar-refractivity contribution in [2.24, 2.45) is 0 Å². The third-order valence-electron chi connectivity index (χ3n) is 2.92. The molecule has 0 spiro atoms. The zero-order chi connectivity index (χ0) is 17.7. The fourth-order valence-corrected chi connectivity index (χ4v) is 2.10. The minimum Gasteiger partial charge on any atom is -0.394 e. The SMILES string of the molecule is OCC(O)CNc1nc(Cl)nc2c(NCC(O)CO)nc(Cl)nc12. The van der Waals surface area contributed by atoms with Gasteiger partial charge in [0.1, 0.15) is 11.0 Å². The van der Waals surface area contributed by atoms with Gasteiger partial charge >= 0.3 is 0 Å². The number of aromatic nitrogens is 4. The van der Waals surface area contributed by atoms with Gasteiger partial charge in [-0.1, -0.05) is 0 Å². The van der Waals surface area contributed by atoms with Crippen LogP contribution in [0, 0.1) is 0 Å². The van der Waals surface area contributed by atoms with Gasteiger partial charge in [0.25, 0.3) is 0 Å². The van der Waals surface area contributed by atoms with Crippen molar-refractivity contribution in [3.63, 3.8) is 0 Å². The summed E-state index contributed by atoms with van der Waals surface area (Å²) in [4.78, 5) is 16.1. The maximum Gasteiger partial charge on any atom is 0.225 e. The molecule has 0 radical (unpaired) electrons. The molecule has 0 aliphatic carbocycles. The highest BCUT2D eigenvalue weighted by atomic mass is 35.5. The minimum absolute atomic E-state index is 0.00650. The van der Waals surface area contributed by atoms with Crippen molar-refractivity contribution in [1.82, 2.24) is 19.9 Å². The molecule has 0 saturated carbocycles. The number of fused-ring (bicyclic) bond motifs is 1. The Labute approximate surface area is 146 Å². The Morgan fingerprint density at radius 3 is 1.46 bits per heavy atom. The number of rotatable bonds is 8. The number of hydrogen-bond acceptors (Lipinski definition) is 10. The first kappa shape index (κ1) is 18.8. The lowest BCUT2D eigenvalue weighted by atomic mass is 10.3. The molecule has 6 N–H and O–H groups in total. The second-order valence-corrected chi connectivity index (χ2v) is 5.49. The van der Waals surface area contributed by atoms with Gasteiger partial charge in [-0.05, 0) is 23.2 Å². The minimum atomic E-state index is -0.997. The Morgan fingerprint density at radius 2 is 1.12 bits per heavy atom. The maximum atomic E-state index is 9.43. The van der Waals surface area contributed by atoms with E-state index in [0.717, 1.165) is 0 Å².